The van der Waals surface area contributed by atoms with E-state index in [0.717, 1.165) is 38.5 Å². The number of nitrogens with zero attached hydrogens (tertiary/aromatic N) is 3. The van der Waals surface area contributed by atoms with Crippen molar-refractivity contribution in [2.24, 2.45) is 0 Å². The first-order valence-electron chi connectivity index (χ1n) is 8.65. The second kappa shape index (κ2) is 7.75. The number of aryl methyl sites for hydroxylation is 2. The van der Waals surface area contributed by atoms with Crippen LogP contribution in [0.2, 0.25) is 0 Å². The smallest absolute Gasteiger partial charge is 0.0703 e. The van der Waals surface area contributed by atoms with Crippen molar-refractivity contribution < 1.29 is 4.74 Å². The van der Waals surface area contributed by atoms with Crippen molar-refractivity contribution in [2.75, 3.05) is 13.2 Å². The molecule has 1 atom stereocenters. The Labute approximate surface area is 139 Å². The highest BCUT2D eigenvalue weighted by Gasteiger charge is 2.20. The summed E-state index contributed by atoms with van der Waals surface area (Å²) in [5.74, 6) is 0. The Balaban J connectivity index is 1.71. The number of hydrogen-bond donors (Lipinski definition) is 0. The van der Waals surface area contributed by atoms with Gasteiger partial charge in [-0.25, -0.2) is 0 Å². The van der Waals surface area contributed by atoms with Gasteiger partial charge in [0.2, 0.25) is 0 Å². The molecule has 124 valence electrons. The molecule has 1 aromatic carbocycles. The minimum Gasteiger partial charge on any atom is -0.377 e. The lowest BCUT2D eigenvalue weighted by atomic mass is 10.1. The summed E-state index contributed by atoms with van der Waals surface area (Å²) in [7, 11) is 0. The van der Waals surface area contributed by atoms with Crippen LogP contribution in [-0.4, -0.2) is 33.9 Å². The van der Waals surface area contributed by atoms with Crippen LogP contribution in [0.1, 0.15) is 36.6 Å². The van der Waals surface area contributed by atoms with E-state index >= 15 is 0 Å². The fourth-order valence-corrected chi connectivity index (χ4v) is 3.22. The molecule has 1 aliphatic heterocycles. The van der Waals surface area contributed by atoms with Gasteiger partial charge in [0.1, 0.15) is 0 Å². The van der Waals surface area contributed by atoms with Crippen LogP contribution in [0.4, 0.5) is 0 Å². The van der Waals surface area contributed by atoms with Gasteiger partial charge in [-0.05, 0) is 32.3 Å². The Morgan fingerprint density at radius 2 is 2.09 bits per heavy atom. The molecule has 0 amide bonds. The summed E-state index contributed by atoms with van der Waals surface area (Å²) in [6.07, 6.45) is 4.93. The molecule has 1 aromatic heterocycles. The lowest BCUT2D eigenvalue weighted by Gasteiger charge is -2.25. The Bertz CT molecular complexity index is 602. The quantitative estimate of drug-likeness (QED) is 0.785. The van der Waals surface area contributed by atoms with Gasteiger partial charge in [-0.2, -0.15) is 5.10 Å². The number of ether oxygens (including phenoxy) is 1. The minimum absolute atomic E-state index is 0.375. The topological polar surface area (TPSA) is 30.3 Å². The lowest BCUT2D eigenvalue weighted by Crippen LogP contribution is -2.31. The van der Waals surface area contributed by atoms with E-state index in [9.17, 15) is 0 Å². The zero-order valence-corrected chi connectivity index (χ0v) is 14.2. The molecule has 0 aliphatic carbocycles. The molecule has 2 heterocycles. The molecule has 2 aromatic rings. The number of aromatic nitrogens is 2. The fraction of sp³-hybridized carbons (Fsp3) is 0.526. The Hall–Kier alpha value is -1.65. The molecule has 1 unspecified atom stereocenters. The summed E-state index contributed by atoms with van der Waals surface area (Å²) in [6.45, 7) is 8.95. The molecule has 0 bridgehead atoms. The third kappa shape index (κ3) is 4.43. The van der Waals surface area contributed by atoms with E-state index in [0.29, 0.717) is 6.10 Å². The van der Waals surface area contributed by atoms with Gasteiger partial charge >= 0.3 is 0 Å². The normalized spacial score (nSPS) is 18.0. The first-order chi connectivity index (χ1) is 11.2. The minimum atomic E-state index is 0.375. The van der Waals surface area contributed by atoms with Crippen LogP contribution >= 0.6 is 0 Å². The first kappa shape index (κ1) is 16.2. The summed E-state index contributed by atoms with van der Waals surface area (Å²) in [6, 6.07) is 10.7. The van der Waals surface area contributed by atoms with Gasteiger partial charge < -0.3 is 4.74 Å². The molecule has 0 spiro atoms. The zero-order chi connectivity index (χ0) is 16.1. The molecule has 0 N–H and O–H groups in total. The molecule has 0 saturated carbocycles. The maximum absolute atomic E-state index is 5.85. The average Bonchev–Trinajstić information content (AvgIpc) is 3.18. The van der Waals surface area contributed by atoms with Crippen molar-refractivity contribution in [3.05, 3.63) is 53.3 Å². The lowest BCUT2D eigenvalue weighted by molar-refractivity contribution is 0.0678. The Morgan fingerprint density at radius 1 is 1.26 bits per heavy atom. The molecule has 1 saturated heterocycles. The number of hydrogen-bond acceptors (Lipinski definition) is 3. The van der Waals surface area contributed by atoms with Crippen molar-refractivity contribution >= 4 is 0 Å². The van der Waals surface area contributed by atoms with Gasteiger partial charge in [-0.15, -0.1) is 0 Å². The Kier molecular flexibility index (Phi) is 5.47. The third-order valence-electron chi connectivity index (χ3n) is 4.50. The first-order valence-corrected chi connectivity index (χ1v) is 8.65. The van der Waals surface area contributed by atoms with E-state index in [1.54, 1.807) is 0 Å². The van der Waals surface area contributed by atoms with Crippen molar-refractivity contribution in [2.45, 2.75) is 52.4 Å². The maximum atomic E-state index is 5.85. The zero-order valence-electron chi connectivity index (χ0n) is 14.2. The number of benzene rings is 1. The summed E-state index contributed by atoms with van der Waals surface area (Å²) in [4.78, 5) is 2.50. The van der Waals surface area contributed by atoms with Crippen LogP contribution in [-0.2, 0) is 24.4 Å². The van der Waals surface area contributed by atoms with E-state index in [4.69, 9.17) is 4.74 Å². The van der Waals surface area contributed by atoms with Crippen LogP contribution < -0.4 is 0 Å². The Morgan fingerprint density at radius 3 is 2.74 bits per heavy atom. The highest BCUT2D eigenvalue weighted by atomic mass is 16.5. The average molecular weight is 313 g/mol. The maximum Gasteiger partial charge on any atom is 0.0703 e. The summed E-state index contributed by atoms with van der Waals surface area (Å²) < 4.78 is 7.88. The van der Waals surface area contributed by atoms with Gasteiger partial charge in [0.15, 0.2) is 0 Å². The van der Waals surface area contributed by atoms with Gasteiger partial charge in [0, 0.05) is 44.5 Å². The molecular formula is C19H27N3O. The summed E-state index contributed by atoms with van der Waals surface area (Å²) >= 11 is 0. The van der Waals surface area contributed by atoms with Crippen molar-refractivity contribution in [3.8, 4) is 0 Å². The van der Waals surface area contributed by atoms with Gasteiger partial charge in [-0.1, -0.05) is 30.3 Å². The van der Waals surface area contributed by atoms with Crippen molar-refractivity contribution in [1.82, 2.24) is 14.7 Å². The van der Waals surface area contributed by atoms with E-state index < -0.39 is 0 Å². The van der Waals surface area contributed by atoms with E-state index in [2.05, 4.69) is 60.4 Å². The summed E-state index contributed by atoms with van der Waals surface area (Å²) in [5, 5.41) is 4.58. The standard InChI is InChI=1S/C19H27N3O/c1-3-22-14-18(16(2)20-22)13-21(15-19-10-7-11-23-19)12-17-8-5-4-6-9-17/h4-6,8-9,14,19H,3,7,10-13,15H2,1-2H3. The van der Waals surface area contributed by atoms with Gasteiger partial charge in [-0.3, -0.25) is 9.58 Å². The van der Waals surface area contributed by atoms with E-state index in [-0.39, 0.29) is 0 Å². The number of rotatable bonds is 7. The third-order valence-corrected chi connectivity index (χ3v) is 4.50. The highest BCUT2D eigenvalue weighted by Crippen LogP contribution is 2.18. The predicted molar refractivity (Wildman–Crippen MR) is 92.2 cm³/mol. The van der Waals surface area contributed by atoms with Crippen molar-refractivity contribution in [3.63, 3.8) is 0 Å². The molecular weight excluding hydrogens is 286 g/mol. The molecule has 4 nitrogen and oxygen atoms in total. The van der Waals surface area contributed by atoms with Crippen molar-refractivity contribution in [1.29, 1.82) is 0 Å². The predicted octanol–water partition coefficient (Wildman–Crippen LogP) is 3.39. The molecule has 23 heavy (non-hydrogen) atoms. The molecule has 4 heteroatoms. The van der Waals surface area contributed by atoms with Crippen LogP contribution in [0.3, 0.4) is 0 Å². The SMILES string of the molecule is CCn1cc(CN(Cc2ccccc2)CC2CCCO2)c(C)n1. The fourth-order valence-electron chi connectivity index (χ4n) is 3.22. The molecule has 0 radical (unpaired) electrons. The van der Waals surface area contributed by atoms with E-state index in [1.165, 1.54) is 24.0 Å². The largest absolute Gasteiger partial charge is 0.377 e. The molecule has 3 rings (SSSR count). The van der Waals surface area contributed by atoms with E-state index in [1.807, 2.05) is 4.68 Å². The monoisotopic (exact) mass is 313 g/mol. The second-order valence-electron chi connectivity index (χ2n) is 6.39. The second-order valence-corrected chi connectivity index (χ2v) is 6.39. The van der Waals surface area contributed by atoms with Crippen LogP contribution in [0.15, 0.2) is 36.5 Å². The molecule has 1 aliphatic rings. The summed E-state index contributed by atoms with van der Waals surface area (Å²) in [5.41, 5.74) is 3.81. The molecule has 1 fully saturated rings. The van der Waals surface area contributed by atoms with Gasteiger partial charge in [0.25, 0.3) is 0 Å². The van der Waals surface area contributed by atoms with Crippen LogP contribution in [0.25, 0.3) is 0 Å². The van der Waals surface area contributed by atoms with Crippen LogP contribution in [0, 0.1) is 6.92 Å². The highest BCUT2D eigenvalue weighted by molar-refractivity contribution is 5.17. The van der Waals surface area contributed by atoms with Gasteiger partial charge in [0.05, 0.1) is 11.8 Å². The van der Waals surface area contributed by atoms with Crippen LogP contribution in [0.5, 0.6) is 0 Å².